The van der Waals surface area contributed by atoms with Crippen LogP contribution in [0.3, 0.4) is 0 Å². The number of fused-ring (bicyclic) bond motifs is 2. The van der Waals surface area contributed by atoms with Crippen LogP contribution in [0.15, 0.2) is 29.2 Å². The van der Waals surface area contributed by atoms with Gasteiger partial charge < -0.3 is 14.4 Å². The standard InChI is InChI=1S/C22H23ClN6O4/c1-33-21(31)18-19-14(8-9-24-18)29(13-4-5-13)22(32)28(19)12-17-26-20-15(6-7-16(23)25-20)27(17)10-2-3-11-30/h6-9,13,30H,2-5,10-12H2,1H3. The Kier molecular flexibility index (Phi) is 5.63. The number of hydrogen-bond donors (Lipinski definition) is 1. The number of aliphatic hydroxyl groups excluding tert-OH is 1. The lowest BCUT2D eigenvalue weighted by Crippen LogP contribution is -2.26. The summed E-state index contributed by atoms with van der Waals surface area (Å²) in [6, 6.07) is 5.40. The molecule has 0 amide bonds. The molecule has 33 heavy (non-hydrogen) atoms. The third-order valence-corrected chi connectivity index (χ3v) is 6.12. The first-order valence-corrected chi connectivity index (χ1v) is 11.2. The molecule has 0 bridgehead atoms. The number of esters is 1. The molecular weight excluding hydrogens is 448 g/mol. The van der Waals surface area contributed by atoms with Gasteiger partial charge in [0, 0.05) is 25.4 Å². The van der Waals surface area contributed by atoms with E-state index in [-0.39, 0.29) is 30.6 Å². The van der Waals surface area contributed by atoms with Gasteiger partial charge in [-0.3, -0.25) is 9.13 Å². The van der Waals surface area contributed by atoms with Crippen molar-refractivity contribution in [1.82, 2.24) is 28.7 Å². The average Bonchev–Trinajstić information content (AvgIpc) is 3.53. The summed E-state index contributed by atoms with van der Waals surface area (Å²) in [7, 11) is 1.29. The van der Waals surface area contributed by atoms with Crippen molar-refractivity contribution in [2.24, 2.45) is 0 Å². The number of pyridine rings is 2. The first-order chi connectivity index (χ1) is 16.0. The number of methoxy groups -OCH3 is 1. The number of aliphatic hydroxyl groups is 1. The first-order valence-electron chi connectivity index (χ1n) is 10.8. The lowest BCUT2D eigenvalue weighted by Gasteiger charge is -2.10. The number of halogens is 1. The first kappa shape index (κ1) is 21.6. The number of aryl methyl sites for hydroxylation is 1. The zero-order valence-electron chi connectivity index (χ0n) is 18.1. The van der Waals surface area contributed by atoms with E-state index in [4.69, 9.17) is 16.3 Å². The van der Waals surface area contributed by atoms with Gasteiger partial charge in [-0.1, -0.05) is 11.6 Å². The van der Waals surface area contributed by atoms with Gasteiger partial charge in [-0.25, -0.2) is 24.5 Å². The maximum absolute atomic E-state index is 13.5. The van der Waals surface area contributed by atoms with Crippen molar-refractivity contribution >= 4 is 39.8 Å². The smallest absolute Gasteiger partial charge is 0.358 e. The van der Waals surface area contributed by atoms with Gasteiger partial charge in [-0.05, 0) is 43.9 Å². The van der Waals surface area contributed by atoms with Crippen LogP contribution in [0.5, 0.6) is 0 Å². The molecule has 0 atom stereocenters. The second kappa shape index (κ2) is 8.60. The Morgan fingerprint density at radius 2 is 2.00 bits per heavy atom. The van der Waals surface area contributed by atoms with Crippen LogP contribution < -0.4 is 5.69 Å². The van der Waals surface area contributed by atoms with E-state index in [1.807, 2.05) is 10.6 Å². The van der Waals surface area contributed by atoms with Crippen molar-refractivity contribution in [3.8, 4) is 0 Å². The zero-order chi connectivity index (χ0) is 23.1. The van der Waals surface area contributed by atoms with E-state index in [1.165, 1.54) is 17.9 Å². The molecule has 0 unspecified atom stereocenters. The molecule has 10 nitrogen and oxygen atoms in total. The molecule has 1 fully saturated rings. The highest BCUT2D eigenvalue weighted by atomic mass is 35.5. The number of carbonyl (C=O) groups excluding carboxylic acids is 1. The van der Waals surface area contributed by atoms with Gasteiger partial charge in [0.05, 0.1) is 24.7 Å². The van der Waals surface area contributed by atoms with Crippen LogP contribution in [0, 0.1) is 0 Å². The van der Waals surface area contributed by atoms with Gasteiger partial charge in [0.25, 0.3) is 0 Å². The Morgan fingerprint density at radius 1 is 1.18 bits per heavy atom. The number of nitrogens with zero attached hydrogens (tertiary/aromatic N) is 6. The van der Waals surface area contributed by atoms with E-state index in [0.717, 1.165) is 24.8 Å². The van der Waals surface area contributed by atoms with Crippen LogP contribution >= 0.6 is 11.6 Å². The quantitative estimate of drug-likeness (QED) is 0.239. The Labute approximate surface area is 193 Å². The van der Waals surface area contributed by atoms with E-state index in [2.05, 4.69) is 15.0 Å². The van der Waals surface area contributed by atoms with Crippen molar-refractivity contribution in [3.05, 3.63) is 51.6 Å². The summed E-state index contributed by atoms with van der Waals surface area (Å²) in [6.45, 7) is 0.806. The van der Waals surface area contributed by atoms with Gasteiger partial charge in [-0.2, -0.15) is 0 Å². The Hall–Kier alpha value is -3.24. The summed E-state index contributed by atoms with van der Waals surface area (Å²) < 4.78 is 10.2. The van der Waals surface area contributed by atoms with Crippen LogP contribution in [0.4, 0.5) is 0 Å². The van der Waals surface area contributed by atoms with Gasteiger partial charge in [0.2, 0.25) is 0 Å². The lowest BCUT2D eigenvalue weighted by atomic mass is 10.3. The van der Waals surface area contributed by atoms with E-state index in [1.54, 1.807) is 16.7 Å². The largest absolute Gasteiger partial charge is 0.464 e. The molecule has 4 aromatic rings. The van der Waals surface area contributed by atoms with Crippen LogP contribution in [-0.2, 0) is 17.8 Å². The number of unbranched alkanes of at least 4 members (excludes halogenated alkanes) is 1. The number of imidazole rings is 2. The summed E-state index contributed by atoms with van der Waals surface area (Å²) >= 11 is 6.08. The minimum atomic E-state index is -0.604. The normalized spacial score (nSPS) is 13.8. The predicted molar refractivity (Wildman–Crippen MR) is 122 cm³/mol. The SMILES string of the molecule is COC(=O)c1nccc2c1n(Cc1nc3nc(Cl)ccc3n1CCCCO)c(=O)n2C1CC1. The van der Waals surface area contributed by atoms with Crippen LogP contribution in [0.2, 0.25) is 5.15 Å². The molecule has 1 N–H and O–H groups in total. The van der Waals surface area contributed by atoms with Crippen LogP contribution in [-0.4, -0.2) is 53.4 Å². The molecule has 0 aromatic carbocycles. The fraction of sp³-hybridized carbons (Fsp3) is 0.409. The van der Waals surface area contributed by atoms with E-state index < -0.39 is 5.97 Å². The second-order valence-electron chi connectivity index (χ2n) is 8.08. The predicted octanol–water partition coefficient (Wildman–Crippen LogP) is 2.54. The molecule has 172 valence electrons. The molecule has 0 radical (unpaired) electrons. The van der Waals surface area contributed by atoms with Crippen molar-refractivity contribution < 1.29 is 14.6 Å². The number of aromatic nitrogens is 6. The number of ether oxygens (including phenoxy) is 1. The Balaban J connectivity index is 1.69. The fourth-order valence-corrected chi connectivity index (χ4v) is 4.38. The third-order valence-electron chi connectivity index (χ3n) is 5.91. The highest BCUT2D eigenvalue weighted by Crippen LogP contribution is 2.36. The fourth-order valence-electron chi connectivity index (χ4n) is 4.24. The third kappa shape index (κ3) is 3.79. The summed E-state index contributed by atoms with van der Waals surface area (Å²) in [5.74, 6) is 0.00140. The molecule has 0 aliphatic heterocycles. The van der Waals surface area contributed by atoms with E-state index in [0.29, 0.717) is 40.6 Å². The van der Waals surface area contributed by atoms with Crippen molar-refractivity contribution in [1.29, 1.82) is 0 Å². The number of carbonyl (C=O) groups is 1. The molecule has 1 aliphatic rings. The lowest BCUT2D eigenvalue weighted by molar-refractivity contribution is 0.0596. The topological polar surface area (TPSA) is 117 Å². The molecule has 11 heteroatoms. The zero-order valence-corrected chi connectivity index (χ0v) is 18.8. The molecule has 1 aliphatic carbocycles. The van der Waals surface area contributed by atoms with Crippen molar-refractivity contribution in [2.75, 3.05) is 13.7 Å². The highest BCUT2D eigenvalue weighted by Gasteiger charge is 2.31. The van der Waals surface area contributed by atoms with Gasteiger partial charge in [0.1, 0.15) is 16.5 Å². The van der Waals surface area contributed by atoms with Gasteiger partial charge in [-0.15, -0.1) is 0 Å². The summed E-state index contributed by atoms with van der Waals surface area (Å²) in [4.78, 5) is 39.2. The van der Waals surface area contributed by atoms with Gasteiger partial charge in [0.15, 0.2) is 11.3 Å². The van der Waals surface area contributed by atoms with Crippen molar-refractivity contribution in [2.45, 2.75) is 44.8 Å². The number of hydrogen-bond acceptors (Lipinski definition) is 7. The van der Waals surface area contributed by atoms with Crippen LogP contribution in [0.25, 0.3) is 22.2 Å². The van der Waals surface area contributed by atoms with Gasteiger partial charge >= 0.3 is 11.7 Å². The van der Waals surface area contributed by atoms with E-state index >= 15 is 0 Å². The molecule has 0 saturated heterocycles. The Bertz CT molecular complexity index is 1420. The monoisotopic (exact) mass is 470 g/mol. The van der Waals surface area contributed by atoms with Crippen LogP contribution in [0.1, 0.15) is 48.0 Å². The average molecular weight is 471 g/mol. The van der Waals surface area contributed by atoms with Crippen molar-refractivity contribution in [3.63, 3.8) is 0 Å². The highest BCUT2D eigenvalue weighted by molar-refractivity contribution is 6.29. The summed E-state index contributed by atoms with van der Waals surface area (Å²) in [5, 5.41) is 9.54. The van der Waals surface area contributed by atoms with E-state index in [9.17, 15) is 14.7 Å². The summed E-state index contributed by atoms with van der Waals surface area (Å²) in [6.07, 6.45) is 4.71. The minimum Gasteiger partial charge on any atom is -0.464 e. The second-order valence-corrected chi connectivity index (χ2v) is 8.46. The molecule has 4 aromatic heterocycles. The molecule has 1 saturated carbocycles. The molecule has 4 heterocycles. The summed E-state index contributed by atoms with van der Waals surface area (Å²) in [5.41, 5.74) is 2.23. The molecular formula is C22H23ClN6O4. The number of rotatable bonds is 8. The maximum atomic E-state index is 13.5. The molecule has 0 spiro atoms. The maximum Gasteiger partial charge on any atom is 0.358 e. The molecule has 5 rings (SSSR count). The Morgan fingerprint density at radius 3 is 2.73 bits per heavy atom. The minimum absolute atomic E-state index is 0.0918.